The summed E-state index contributed by atoms with van der Waals surface area (Å²) in [6.07, 6.45) is 1.21. The summed E-state index contributed by atoms with van der Waals surface area (Å²) in [6, 6.07) is 7.44. The first kappa shape index (κ1) is 29.9. The lowest BCUT2D eigenvalue weighted by Gasteiger charge is -2.35. The zero-order valence-electron chi connectivity index (χ0n) is 23.5. The fraction of sp³-hybridized carbons (Fsp3) is 0.400. The predicted molar refractivity (Wildman–Crippen MR) is 154 cm³/mol. The van der Waals surface area contributed by atoms with Gasteiger partial charge in [0.05, 0.1) is 22.4 Å². The van der Waals surface area contributed by atoms with Crippen LogP contribution in [-0.4, -0.2) is 66.8 Å². The van der Waals surface area contributed by atoms with Gasteiger partial charge in [0.1, 0.15) is 12.4 Å². The minimum Gasteiger partial charge on any atom is -0.343 e. The van der Waals surface area contributed by atoms with Gasteiger partial charge in [-0.05, 0) is 55.0 Å². The van der Waals surface area contributed by atoms with Crippen molar-refractivity contribution in [3.05, 3.63) is 81.4 Å². The van der Waals surface area contributed by atoms with Crippen LogP contribution in [0.1, 0.15) is 42.9 Å². The number of H-pyrrole nitrogens is 1. The van der Waals surface area contributed by atoms with E-state index in [0.29, 0.717) is 53.8 Å². The van der Waals surface area contributed by atoms with Crippen LogP contribution in [0.2, 0.25) is 5.02 Å². The standard InChI is InChI=1S/C30H29ClF4N6O3/c31-23-13-18-5-6-19(28(43)39(17-30(33,34)35)16-22(18)21-15-36-37-27(21)23)14-26(42)38-9-7-20(8-10-38)40-11-12-41(29(40)44)25-4-2-1-3-24(25)32/h1-4,11-13,15,19-20H,5-10,14,16-17H2,(H,36,37)/t19-/m0/s1. The highest BCUT2D eigenvalue weighted by Crippen LogP contribution is 2.34. The number of rotatable bonds is 5. The molecule has 4 heterocycles. The Morgan fingerprint density at radius 2 is 1.84 bits per heavy atom. The van der Waals surface area contributed by atoms with E-state index in [-0.39, 0.29) is 37.0 Å². The Labute approximate surface area is 254 Å². The average molecular weight is 633 g/mol. The minimum absolute atomic E-state index is 0.145. The monoisotopic (exact) mass is 632 g/mol. The number of aromatic amines is 1. The van der Waals surface area contributed by atoms with E-state index in [1.165, 1.54) is 33.7 Å². The van der Waals surface area contributed by atoms with Crippen molar-refractivity contribution in [1.29, 1.82) is 0 Å². The first-order valence-electron chi connectivity index (χ1n) is 14.3. The number of hydrogen-bond donors (Lipinski definition) is 1. The molecule has 0 bridgehead atoms. The van der Waals surface area contributed by atoms with Crippen molar-refractivity contribution in [1.82, 2.24) is 29.1 Å². The number of nitrogens with one attached hydrogen (secondary N) is 1. The van der Waals surface area contributed by atoms with Gasteiger partial charge >= 0.3 is 11.9 Å². The second-order valence-electron chi connectivity index (χ2n) is 11.3. The van der Waals surface area contributed by atoms with Crippen LogP contribution in [0.15, 0.2) is 53.7 Å². The second kappa shape index (κ2) is 11.8. The Morgan fingerprint density at radius 3 is 2.57 bits per heavy atom. The predicted octanol–water partition coefficient (Wildman–Crippen LogP) is 5.01. The molecule has 1 atom stereocenters. The number of nitrogens with zero attached hydrogens (tertiary/aromatic N) is 5. The number of halogens is 5. The van der Waals surface area contributed by atoms with Gasteiger partial charge in [-0.2, -0.15) is 18.3 Å². The highest BCUT2D eigenvalue weighted by Gasteiger charge is 2.38. The first-order chi connectivity index (χ1) is 21.0. The summed E-state index contributed by atoms with van der Waals surface area (Å²) >= 11 is 6.40. The summed E-state index contributed by atoms with van der Waals surface area (Å²) in [5.41, 5.74) is 1.52. The molecule has 2 amide bonds. The van der Waals surface area contributed by atoms with E-state index in [0.717, 1.165) is 10.5 Å². The van der Waals surface area contributed by atoms with Crippen molar-refractivity contribution in [2.45, 2.75) is 50.9 Å². The molecule has 1 saturated heterocycles. The Kier molecular flexibility index (Phi) is 7.99. The molecule has 6 rings (SSSR count). The molecule has 44 heavy (non-hydrogen) atoms. The minimum atomic E-state index is -4.63. The van der Waals surface area contributed by atoms with Crippen molar-refractivity contribution in [2.24, 2.45) is 5.92 Å². The van der Waals surface area contributed by atoms with E-state index >= 15 is 0 Å². The van der Waals surface area contributed by atoms with Gasteiger partial charge in [-0.15, -0.1) is 0 Å². The Morgan fingerprint density at radius 1 is 1.09 bits per heavy atom. The van der Waals surface area contributed by atoms with E-state index in [2.05, 4.69) is 10.2 Å². The van der Waals surface area contributed by atoms with Gasteiger partial charge in [-0.1, -0.05) is 23.7 Å². The highest BCUT2D eigenvalue weighted by atomic mass is 35.5. The number of aryl methyl sites for hydroxylation is 1. The lowest BCUT2D eigenvalue weighted by atomic mass is 9.88. The molecule has 1 fully saturated rings. The molecule has 2 aliphatic heterocycles. The molecule has 2 aliphatic rings. The lowest BCUT2D eigenvalue weighted by Crippen LogP contribution is -2.45. The smallest absolute Gasteiger partial charge is 0.343 e. The Bertz CT molecular complexity index is 1770. The summed E-state index contributed by atoms with van der Waals surface area (Å²) in [4.78, 5) is 42.3. The van der Waals surface area contributed by atoms with Gasteiger partial charge in [0, 0.05) is 55.8 Å². The third-order valence-corrected chi connectivity index (χ3v) is 8.88. The third-order valence-electron chi connectivity index (χ3n) is 8.58. The molecule has 0 unspecified atom stereocenters. The molecule has 2 aromatic carbocycles. The molecule has 4 aromatic rings. The molecule has 0 spiro atoms. The van der Waals surface area contributed by atoms with Crippen molar-refractivity contribution in [2.75, 3.05) is 19.6 Å². The van der Waals surface area contributed by atoms with Crippen LogP contribution in [0.3, 0.4) is 0 Å². The van der Waals surface area contributed by atoms with Gasteiger partial charge in [-0.3, -0.25) is 23.8 Å². The lowest BCUT2D eigenvalue weighted by molar-refractivity contribution is -0.166. The van der Waals surface area contributed by atoms with E-state index < -0.39 is 36.1 Å². The van der Waals surface area contributed by atoms with Crippen molar-refractivity contribution in [3.63, 3.8) is 0 Å². The van der Waals surface area contributed by atoms with E-state index in [4.69, 9.17) is 11.6 Å². The fourth-order valence-electron chi connectivity index (χ4n) is 6.34. The maximum absolute atomic E-state index is 14.3. The second-order valence-corrected chi connectivity index (χ2v) is 11.7. The van der Waals surface area contributed by atoms with Gasteiger partial charge in [0.2, 0.25) is 11.8 Å². The van der Waals surface area contributed by atoms with Gasteiger partial charge in [0.25, 0.3) is 0 Å². The summed E-state index contributed by atoms with van der Waals surface area (Å²) in [5.74, 6) is -2.50. The molecule has 0 radical (unpaired) electrons. The number of fused-ring (bicyclic) bond motifs is 3. The molecule has 2 aromatic heterocycles. The van der Waals surface area contributed by atoms with E-state index in [9.17, 15) is 31.9 Å². The largest absolute Gasteiger partial charge is 0.406 e. The average Bonchev–Trinajstić information content (AvgIpc) is 3.63. The molecule has 14 heteroatoms. The number of carbonyl (C=O) groups excluding carboxylic acids is 2. The number of amides is 2. The number of hydrogen-bond acceptors (Lipinski definition) is 4. The number of imidazole rings is 1. The van der Waals surface area contributed by atoms with Gasteiger partial charge in [0.15, 0.2) is 0 Å². The molecule has 0 saturated carbocycles. The van der Waals surface area contributed by atoms with Crippen molar-refractivity contribution >= 4 is 34.3 Å². The zero-order valence-corrected chi connectivity index (χ0v) is 24.2. The maximum atomic E-state index is 14.3. The van der Waals surface area contributed by atoms with Crippen LogP contribution in [0, 0.1) is 11.7 Å². The van der Waals surface area contributed by atoms with E-state index in [1.54, 1.807) is 29.3 Å². The summed E-state index contributed by atoms with van der Waals surface area (Å²) < 4.78 is 57.8. The van der Waals surface area contributed by atoms with Gasteiger partial charge in [-0.25, -0.2) is 9.18 Å². The van der Waals surface area contributed by atoms with Crippen LogP contribution in [0.4, 0.5) is 17.6 Å². The number of para-hydroxylation sites is 1. The van der Waals surface area contributed by atoms with Crippen LogP contribution in [-0.2, 0) is 22.6 Å². The third kappa shape index (κ3) is 5.84. The fourth-order valence-corrected chi connectivity index (χ4v) is 6.62. The highest BCUT2D eigenvalue weighted by molar-refractivity contribution is 6.35. The molecule has 9 nitrogen and oxygen atoms in total. The van der Waals surface area contributed by atoms with Crippen molar-refractivity contribution < 1.29 is 27.2 Å². The number of aromatic nitrogens is 4. The normalized spacial score (nSPS) is 18.4. The zero-order chi connectivity index (χ0) is 31.2. The molecular formula is C30H29ClF4N6O3. The number of carbonyl (C=O) groups is 2. The number of benzene rings is 2. The summed E-state index contributed by atoms with van der Waals surface area (Å²) in [7, 11) is 0. The molecule has 0 aliphatic carbocycles. The Balaban J connectivity index is 1.16. The number of likely N-dealkylation sites (tertiary alicyclic amines) is 1. The summed E-state index contributed by atoms with van der Waals surface area (Å²) in [6.45, 7) is -1.10. The first-order valence-corrected chi connectivity index (χ1v) is 14.7. The maximum Gasteiger partial charge on any atom is 0.406 e. The van der Waals surface area contributed by atoms with Crippen LogP contribution < -0.4 is 5.69 Å². The quantitative estimate of drug-likeness (QED) is 0.313. The SMILES string of the molecule is O=C(C[C@@H]1CCc2cc(Cl)c3[nH]ncc3c2CN(CC(F)(F)F)C1=O)N1CCC(n2ccn(-c3ccccc3F)c2=O)CC1. The molecular weight excluding hydrogens is 604 g/mol. The molecule has 232 valence electrons. The van der Waals surface area contributed by atoms with Crippen molar-refractivity contribution in [3.8, 4) is 5.69 Å². The van der Waals surface area contributed by atoms with Crippen LogP contribution in [0.5, 0.6) is 0 Å². The number of alkyl halides is 3. The van der Waals surface area contributed by atoms with E-state index in [1.807, 2.05) is 0 Å². The number of piperidine rings is 1. The molecule has 1 N–H and O–H groups in total. The topological polar surface area (TPSA) is 96.2 Å². The Hall–Kier alpha value is -4.13. The van der Waals surface area contributed by atoms with Crippen LogP contribution >= 0.6 is 11.6 Å². The van der Waals surface area contributed by atoms with Crippen LogP contribution in [0.25, 0.3) is 16.6 Å². The summed E-state index contributed by atoms with van der Waals surface area (Å²) in [5, 5.41) is 7.67. The van der Waals surface area contributed by atoms with Gasteiger partial charge < -0.3 is 9.80 Å².